The Hall–Kier alpha value is -0.930. The Balaban J connectivity index is 2.60. The highest BCUT2D eigenvalue weighted by Gasteiger charge is 2.05. The SMILES string of the molecule is CC(C)Oc1ccc(OCCCN)cc1Cl. The van der Waals surface area contributed by atoms with E-state index >= 15 is 0 Å². The lowest BCUT2D eigenvalue weighted by molar-refractivity contribution is 0.242. The van der Waals surface area contributed by atoms with E-state index in [9.17, 15) is 0 Å². The summed E-state index contributed by atoms with van der Waals surface area (Å²) in [4.78, 5) is 0. The third kappa shape index (κ3) is 4.29. The van der Waals surface area contributed by atoms with Crippen molar-refractivity contribution >= 4 is 11.6 Å². The van der Waals surface area contributed by atoms with E-state index in [0.29, 0.717) is 23.9 Å². The van der Waals surface area contributed by atoms with Crippen molar-refractivity contribution in [2.24, 2.45) is 5.73 Å². The zero-order chi connectivity index (χ0) is 12.0. The molecule has 4 heteroatoms. The number of hydrogen-bond acceptors (Lipinski definition) is 3. The first-order valence-electron chi connectivity index (χ1n) is 5.42. The molecule has 0 unspecified atom stereocenters. The fraction of sp³-hybridized carbons (Fsp3) is 0.500. The maximum Gasteiger partial charge on any atom is 0.138 e. The van der Waals surface area contributed by atoms with Crippen molar-refractivity contribution in [1.29, 1.82) is 0 Å². The highest BCUT2D eigenvalue weighted by molar-refractivity contribution is 6.32. The van der Waals surface area contributed by atoms with Gasteiger partial charge in [-0.25, -0.2) is 0 Å². The maximum atomic E-state index is 6.06. The third-order valence-electron chi connectivity index (χ3n) is 1.88. The number of halogens is 1. The first-order chi connectivity index (χ1) is 7.63. The van der Waals surface area contributed by atoms with E-state index in [1.54, 1.807) is 6.07 Å². The number of nitrogens with two attached hydrogens (primary N) is 1. The molecule has 0 heterocycles. The molecule has 0 spiro atoms. The fourth-order valence-electron chi connectivity index (χ4n) is 1.19. The lowest BCUT2D eigenvalue weighted by Crippen LogP contribution is -2.07. The smallest absolute Gasteiger partial charge is 0.138 e. The van der Waals surface area contributed by atoms with E-state index in [0.717, 1.165) is 12.2 Å². The lowest BCUT2D eigenvalue weighted by Gasteiger charge is -2.12. The van der Waals surface area contributed by atoms with Gasteiger partial charge in [0.1, 0.15) is 11.5 Å². The molecule has 0 saturated heterocycles. The van der Waals surface area contributed by atoms with Crippen LogP contribution in [0.3, 0.4) is 0 Å². The summed E-state index contributed by atoms with van der Waals surface area (Å²) in [7, 11) is 0. The Bertz CT molecular complexity index is 329. The molecule has 3 nitrogen and oxygen atoms in total. The molecule has 0 aliphatic carbocycles. The van der Waals surface area contributed by atoms with Gasteiger partial charge < -0.3 is 15.2 Å². The molecule has 90 valence electrons. The van der Waals surface area contributed by atoms with Crippen LogP contribution in [0.15, 0.2) is 18.2 Å². The summed E-state index contributed by atoms with van der Waals surface area (Å²) in [6.45, 7) is 5.16. The summed E-state index contributed by atoms with van der Waals surface area (Å²) < 4.78 is 11.0. The van der Waals surface area contributed by atoms with Gasteiger partial charge in [-0.1, -0.05) is 11.6 Å². The monoisotopic (exact) mass is 243 g/mol. The largest absolute Gasteiger partial charge is 0.493 e. The van der Waals surface area contributed by atoms with Gasteiger partial charge in [0.05, 0.1) is 17.7 Å². The van der Waals surface area contributed by atoms with Crippen LogP contribution in [-0.4, -0.2) is 19.3 Å². The molecule has 1 aromatic carbocycles. The van der Waals surface area contributed by atoms with E-state index in [2.05, 4.69) is 0 Å². The zero-order valence-corrected chi connectivity index (χ0v) is 10.5. The summed E-state index contributed by atoms with van der Waals surface area (Å²) in [5.74, 6) is 1.43. The molecule has 0 radical (unpaired) electrons. The minimum absolute atomic E-state index is 0.113. The van der Waals surface area contributed by atoms with Crippen molar-refractivity contribution in [1.82, 2.24) is 0 Å². The normalized spacial score (nSPS) is 10.6. The quantitative estimate of drug-likeness (QED) is 0.782. The topological polar surface area (TPSA) is 44.5 Å². The molecule has 1 rings (SSSR count). The standard InChI is InChI=1S/C12H18ClNO2/c1-9(2)16-12-5-4-10(8-11(12)13)15-7-3-6-14/h4-5,8-9H,3,6-7,14H2,1-2H3. The average Bonchev–Trinajstić information content (AvgIpc) is 2.22. The predicted octanol–water partition coefficient (Wildman–Crippen LogP) is 2.85. The van der Waals surface area contributed by atoms with Crippen LogP contribution in [0, 0.1) is 0 Å². The van der Waals surface area contributed by atoms with Gasteiger partial charge in [-0.15, -0.1) is 0 Å². The van der Waals surface area contributed by atoms with Crippen LogP contribution in [0.25, 0.3) is 0 Å². The summed E-state index contributed by atoms with van der Waals surface area (Å²) in [5.41, 5.74) is 5.38. The first kappa shape index (κ1) is 13.1. The second kappa shape index (κ2) is 6.61. The molecule has 0 amide bonds. The Morgan fingerprint density at radius 2 is 2.12 bits per heavy atom. The Kier molecular flexibility index (Phi) is 5.43. The molecule has 0 atom stereocenters. The molecular formula is C12H18ClNO2. The number of ether oxygens (including phenoxy) is 2. The molecule has 0 fully saturated rings. The van der Waals surface area contributed by atoms with Crippen molar-refractivity contribution in [3.05, 3.63) is 23.2 Å². The molecule has 1 aromatic rings. The summed E-state index contributed by atoms with van der Waals surface area (Å²) >= 11 is 6.06. The zero-order valence-electron chi connectivity index (χ0n) is 9.70. The molecule has 0 aliphatic rings. The molecule has 2 N–H and O–H groups in total. The van der Waals surface area contributed by atoms with Crippen molar-refractivity contribution in [2.75, 3.05) is 13.2 Å². The highest BCUT2D eigenvalue weighted by atomic mass is 35.5. The van der Waals surface area contributed by atoms with Gasteiger partial charge in [0.15, 0.2) is 0 Å². The molecule has 0 aromatic heterocycles. The van der Waals surface area contributed by atoms with Crippen molar-refractivity contribution < 1.29 is 9.47 Å². The van der Waals surface area contributed by atoms with Gasteiger partial charge in [0.2, 0.25) is 0 Å². The Morgan fingerprint density at radius 1 is 1.38 bits per heavy atom. The maximum absolute atomic E-state index is 6.06. The van der Waals surface area contributed by atoms with Gasteiger partial charge in [0, 0.05) is 6.07 Å². The van der Waals surface area contributed by atoms with Crippen molar-refractivity contribution in [3.8, 4) is 11.5 Å². The van der Waals surface area contributed by atoms with Crippen molar-refractivity contribution in [3.63, 3.8) is 0 Å². The van der Waals surface area contributed by atoms with E-state index in [4.69, 9.17) is 26.8 Å². The van der Waals surface area contributed by atoms with Gasteiger partial charge in [-0.05, 0) is 38.9 Å². The fourth-order valence-corrected chi connectivity index (χ4v) is 1.41. The predicted molar refractivity (Wildman–Crippen MR) is 66.4 cm³/mol. The van der Waals surface area contributed by atoms with Crippen LogP contribution in [-0.2, 0) is 0 Å². The van der Waals surface area contributed by atoms with Crippen LogP contribution in [0.1, 0.15) is 20.3 Å². The lowest BCUT2D eigenvalue weighted by atomic mass is 10.3. The minimum atomic E-state index is 0.113. The van der Waals surface area contributed by atoms with Crippen molar-refractivity contribution in [2.45, 2.75) is 26.4 Å². The summed E-state index contributed by atoms with van der Waals surface area (Å²) in [5, 5.41) is 0.568. The molecule has 0 bridgehead atoms. The van der Waals surface area contributed by atoms with Gasteiger partial charge in [0.25, 0.3) is 0 Å². The van der Waals surface area contributed by atoms with Gasteiger partial charge >= 0.3 is 0 Å². The van der Waals surface area contributed by atoms with Crippen LogP contribution in [0.4, 0.5) is 0 Å². The summed E-state index contributed by atoms with van der Waals surface area (Å²) in [6.07, 6.45) is 0.948. The summed E-state index contributed by atoms with van der Waals surface area (Å²) in [6, 6.07) is 5.43. The van der Waals surface area contributed by atoms with Crippen LogP contribution in [0.2, 0.25) is 5.02 Å². The van der Waals surface area contributed by atoms with Crippen LogP contribution >= 0.6 is 11.6 Å². The Morgan fingerprint density at radius 3 is 2.69 bits per heavy atom. The van der Waals surface area contributed by atoms with E-state index in [-0.39, 0.29) is 6.10 Å². The van der Waals surface area contributed by atoms with Gasteiger partial charge in [-0.3, -0.25) is 0 Å². The number of rotatable bonds is 6. The van der Waals surface area contributed by atoms with E-state index < -0.39 is 0 Å². The second-order valence-electron chi connectivity index (χ2n) is 3.75. The average molecular weight is 244 g/mol. The van der Waals surface area contributed by atoms with E-state index in [1.807, 2.05) is 26.0 Å². The number of benzene rings is 1. The highest BCUT2D eigenvalue weighted by Crippen LogP contribution is 2.29. The number of hydrogen-bond donors (Lipinski definition) is 1. The Labute approximate surface area is 101 Å². The van der Waals surface area contributed by atoms with E-state index in [1.165, 1.54) is 0 Å². The van der Waals surface area contributed by atoms with Gasteiger partial charge in [-0.2, -0.15) is 0 Å². The molecular weight excluding hydrogens is 226 g/mol. The third-order valence-corrected chi connectivity index (χ3v) is 2.18. The minimum Gasteiger partial charge on any atom is -0.493 e. The van der Waals surface area contributed by atoms with Crippen LogP contribution < -0.4 is 15.2 Å². The molecule has 0 saturated carbocycles. The first-order valence-corrected chi connectivity index (χ1v) is 5.80. The molecule has 0 aliphatic heterocycles. The second-order valence-corrected chi connectivity index (χ2v) is 4.16. The van der Waals surface area contributed by atoms with Crippen LogP contribution in [0.5, 0.6) is 11.5 Å². The molecule has 16 heavy (non-hydrogen) atoms.